The predicted molar refractivity (Wildman–Crippen MR) is 77.2 cm³/mol. The van der Waals surface area contributed by atoms with Crippen LogP contribution in [0.5, 0.6) is 11.5 Å². The van der Waals surface area contributed by atoms with Gasteiger partial charge >= 0.3 is 12.5 Å². The van der Waals surface area contributed by atoms with Crippen molar-refractivity contribution in [2.24, 2.45) is 5.73 Å². The van der Waals surface area contributed by atoms with Gasteiger partial charge in [-0.3, -0.25) is 0 Å². The minimum absolute atomic E-state index is 0.0713. The van der Waals surface area contributed by atoms with Gasteiger partial charge in [0.1, 0.15) is 11.5 Å². The molecule has 0 unspecified atom stereocenters. The van der Waals surface area contributed by atoms with Gasteiger partial charge in [-0.1, -0.05) is 18.2 Å². The molecule has 2 rings (SSSR count). The van der Waals surface area contributed by atoms with Crippen molar-refractivity contribution in [1.29, 1.82) is 0 Å². The summed E-state index contributed by atoms with van der Waals surface area (Å²) < 4.78 is 83.4. The van der Waals surface area contributed by atoms with Crippen molar-refractivity contribution in [1.82, 2.24) is 0 Å². The predicted octanol–water partition coefficient (Wildman–Crippen LogP) is 4.66. The molecule has 0 bridgehead atoms. The molecule has 2 aromatic carbocycles. The Kier molecular flexibility index (Phi) is 5.17. The maximum atomic E-state index is 12.7. The highest BCUT2D eigenvalue weighted by atomic mass is 19.4. The third-order valence-electron chi connectivity index (χ3n) is 3.37. The van der Waals surface area contributed by atoms with Crippen LogP contribution in [0.1, 0.15) is 22.7 Å². The van der Waals surface area contributed by atoms with E-state index in [-0.39, 0.29) is 11.3 Å². The van der Waals surface area contributed by atoms with E-state index in [4.69, 9.17) is 10.5 Å². The van der Waals surface area contributed by atoms with Gasteiger partial charge in [-0.05, 0) is 29.8 Å². The fourth-order valence-corrected chi connectivity index (χ4v) is 2.20. The summed E-state index contributed by atoms with van der Waals surface area (Å²) in [5.41, 5.74) is 5.76. The molecule has 25 heavy (non-hydrogen) atoms. The third-order valence-corrected chi connectivity index (χ3v) is 3.37. The molecule has 136 valence electrons. The van der Waals surface area contributed by atoms with Crippen molar-refractivity contribution < 1.29 is 35.8 Å². The molecular formula is C16H13F6NO2. The first-order valence-electron chi connectivity index (χ1n) is 6.87. The third kappa shape index (κ3) is 4.79. The zero-order valence-electron chi connectivity index (χ0n) is 12.8. The number of ether oxygens (including phenoxy) is 2. The molecule has 0 aliphatic carbocycles. The van der Waals surface area contributed by atoms with Gasteiger partial charge in [0.05, 0.1) is 18.7 Å². The Morgan fingerprint density at radius 2 is 1.52 bits per heavy atom. The molecule has 0 spiro atoms. The number of alkyl halides is 6. The molecule has 0 heterocycles. The Morgan fingerprint density at radius 1 is 0.920 bits per heavy atom. The van der Waals surface area contributed by atoms with Gasteiger partial charge < -0.3 is 15.2 Å². The smallest absolute Gasteiger partial charge is 0.496 e. The van der Waals surface area contributed by atoms with E-state index in [0.29, 0.717) is 5.56 Å². The Hall–Kier alpha value is -2.42. The van der Waals surface area contributed by atoms with Gasteiger partial charge in [0.2, 0.25) is 0 Å². The molecule has 0 amide bonds. The Bertz CT molecular complexity index is 725. The summed E-state index contributed by atoms with van der Waals surface area (Å²) in [6.45, 7) is 0. The van der Waals surface area contributed by atoms with Gasteiger partial charge in [-0.25, -0.2) is 0 Å². The van der Waals surface area contributed by atoms with Crippen LogP contribution < -0.4 is 15.2 Å². The molecule has 2 aromatic rings. The summed E-state index contributed by atoms with van der Waals surface area (Å²) in [5.74, 6) is -0.499. The number of benzene rings is 2. The van der Waals surface area contributed by atoms with E-state index >= 15 is 0 Å². The molecule has 2 N–H and O–H groups in total. The standard InChI is InChI=1S/C16H13F6NO2/c1-24-13-8-10(15(17,18)19)4-7-12(13)14(23)9-2-5-11(6-3-9)25-16(20,21)22/h2-8,14H,23H2,1H3/t14-/m0/s1. The lowest BCUT2D eigenvalue weighted by molar-refractivity contribution is -0.274. The minimum atomic E-state index is -4.82. The quantitative estimate of drug-likeness (QED) is 0.802. The van der Waals surface area contributed by atoms with Crippen LogP contribution in [-0.2, 0) is 6.18 Å². The van der Waals surface area contributed by atoms with Gasteiger partial charge in [0, 0.05) is 5.56 Å². The molecule has 0 fully saturated rings. The molecule has 0 saturated heterocycles. The number of halogens is 6. The topological polar surface area (TPSA) is 44.5 Å². The van der Waals surface area contributed by atoms with Gasteiger partial charge in [0.15, 0.2) is 0 Å². The highest BCUT2D eigenvalue weighted by Crippen LogP contribution is 2.36. The first-order valence-corrected chi connectivity index (χ1v) is 6.87. The monoisotopic (exact) mass is 365 g/mol. The molecule has 0 saturated carbocycles. The van der Waals surface area contributed by atoms with Crippen LogP contribution >= 0.6 is 0 Å². The van der Waals surface area contributed by atoms with Gasteiger partial charge in [-0.2, -0.15) is 13.2 Å². The molecule has 0 aliphatic rings. The van der Waals surface area contributed by atoms with Crippen molar-refractivity contribution in [2.75, 3.05) is 7.11 Å². The van der Waals surface area contributed by atoms with Crippen molar-refractivity contribution in [2.45, 2.75) is 18.6 Å². The van der Waals surface area contributed by atoms with Crippen LogP contribution in [0.3, 0.4) is 0 Å². The average Bonchev–Trinajstić information content (AvgIpc) is 2.52. The number of hydrogen-bond acceptors (Lipinski definition) is 3. The second kappa shape index (κ2) is 6.83. The van der Waals surface area contributed by atoms with Crippen LogP contribution in [0, 0.1) is 0 Å². The number of hydrogen-bond donors (Lipinski definition) is 1. The Balaban J connectivity index is 2.29. The molecular weight excluding hydrogens is 352 g/mol. The summed E-state index contributed by atoms with van der Waals surface area (Å²) in [6.07, 6.45) is -9.35. The first-order chi connectivity index (χ1) is 11.5. The van der Waals surface area contributed by atoms with E-state index in [1.165, 1.54) is 25.3 Å². The highest BCUT2D eigenvalue weighted by molar-refractivity contribution is 5.45. The van der Waals surface area contributed by atoms with E-state index in [9.17, 15) is 26.3 Å². The Labute approximate surface area is 139 Å². The van der Waals surface area contributed by atoms with Crippen LogP contribution in [-0.4, -0.2) is 13.5 Å². The zero-order valence-corrected chi connectivity index (χ0v) is 12.8. The maximum Gasteiger partial charge on any atom is 0.573 e. The molecule has 3 nitrogen and oxygen atoms in total. The van der Waals surface area contributed by atoms with Crippen LogP contribution in [0.4, 0.5) is 26.3 Å². The molecule has 9 heteroatoms. The first kappa shape index (κ1) is 18.9. The normalized spacial score (nSPS) is 13.4. The van der Waals surface area contributed by atoms with Gasteiger partial charge in [0.25, 0.3) is 0 Å². The number of rotatable bonds is 4. The van der Waals surface area contributed by atoms with E-state index in [2.05, 4.69) is 4.74 Å². The second-order valence-electron chi connectivity index (χ2n) is 5.05. The lowest BCUT2D eigenvalue weighted by Crippen LogP contribution is -2.17. The summed E-state index contributed by atoms with van der Waals surface area (Å²) >= 11 is 0. The SMILES string of the molecule is COc1cc(C(F)(F)F)ccc1[C@@H](N)c1ccc(OC(F)(F)F)cc1. The molecule has 0 radical (unpaired) electrons. The number of methoxy groups -OCH3 is 1. The van der Waals surface area contributed by atoms with Crippen molar-refractivity contribution >= 4 is 0 Å². The summed E-state index contributed by atoms with van der Waals surface area (Å²) in [6, 6.07) is 6.68. The fraction of sp³-hybridized carbons (Fsp3) is 0.250. The Morgan fingerprint density at radius 3 is 2.00 bits per heavy atom. The average molecular weight is 365 g/mol. The van der Waals surface area contributed by atoms with E-state index in [0.717, 1.165) is 24.3 Å². The van der Waals surface area contributed by atoms with E-state index in [1.807, 2.05) is 0 Å². The highest BCUT2D eigenvalue weighted by Gasteiger charge is 2.32. The summed E-state index contributed by atoms with van der Waals surface area (Å²) in [5, 5.41) is 0. The van der Waals surface area contributed by atoms with Crippen LogP contribution in [0.15, 0.2) is 42.5 Å². The minimum Gasteiger partial charge on any atom is -0.496 e. The molecule has 0 aromatic heterocycles. The van der Waals surface area contributed by atoms with E-state index in [1.54, 1.807) is 0 Å². The molecule has 1 atom stereocenters. The van der Waals surface area contributed by atoms with E-state index < -0.39 is 29.9 Å². The van der Waals surface area contributed by atoms with Crippen molar-refractivity contribution in [3.05, 3.63) is 59.2 Å². The summed E-state index contributed by atoms with van der Waals surface area (Å²) in [4.78, 5) is 0. The lowest BCUT2D eigenvalue weighted by Gasteiger charge is -2.18. The van der Waals surface area contributed by atoms with Crippen molar-refractivity contribution in [3.8, 4) is 11.5 Å². The van der Waals surface area contributed by atoms with Crippen molar-refractivity contribution in [3.63, 3.8) is 0 Å². The number of nitrogens with two attached hydrogens (primary N) is 1. The summed E-state index contributed by atoms with van der Waals surface area (Å²) in [7, 11) is 1.20. The van der Waals surface area contributed by atoms with Gasteiger partial charge in [-0.15, -0.1) is 13.2 Å². The largest absolute Gasteiger partial charge is 0.573 e. The molecule has 0 aliphatic heterocycles. The maximum absolute atomic E-state index is 12.7. The zero-order chi connectivity index (χ0) is 18.8. The second-order valence-corrected chi connectivity index (χ2v) is 5.05. The van der Waals surface area contributed by atoms with Crippen LogP contribution in [0.25, 0.3) is 0 Å². The lowest BCUT2D eigenvalue weighted by atomic mass is 9.97. The fourth-order valence-electron chi connectivity index (χ4n) is 2.20. The van der Waals surface area contributed by atoms with Crippen LogP contribution in [0.2, 0.25) is 0 Å².